The third-order valence-electron chi connectivity index (χ3n) is 4.06. The van der Waals surface area contributed by atoms with Crippen LogP contribution in [0.25, 0.3) is 0 Å². The Morgan fingerprint density at radius 2 is 1.70 bits per heavy atom. The number of amides is 1. The Hall–Kier alpha value is -2.78. The number of nitrogens with zero attached hydrogens (tertiary/aromatic N) is 2. The number of rotatable bonds is 6. The van der Waals surface area contributed by atoms with E-state index in [0.29, 0.717) is 0 Å². The smallest absolute Gasteiger partial charge is 0.337 e. The summed E-state index contributed by atoms with van der Waals surface area (Å²) >= 11 is 0. The van der Waals surface area contributed by atoms with Gasteiger partial charge < -0.3 is 10.4 Å². The first kappa shape index (κ1) is 20.5. The molecule has 9 heteroatoms. The van der Waals surface area contributed by atoms with Gasteiger partial charge in [-0.25, -0.2) is 22.5 Å². The summed E-state index contributed by atoms with van der Waals surface area (Å²) in [5.41, 5.74) is 1.12. The van der Waals surface area contributed by atoms with Crippen molar-refractivity contribution in [2.45, 2.75) is 24.8 Å². The van der Waals surface area contributed by atoms with Crippen LogP contribution in [0, 0.1) is 6.92 Å². The molecule has 0 saturated carbocycles. The fraction of sp³-hybridized carbons (Fsp3) is 0.278. The minimum Gasteiger partial charge on any atom is -0.478 e. The highest BCUT2D eigenvalue weighted by molar-refractivity contribution is 7.89. The first-order chi connectivity index (χ1) is 12.5. The Morgan fingerprint density at radius 1 is 1.11 bits per heavy atom. The molecule has 0 aliphatic rings. The molecule has 1 atom stereocenters. The highest BCUT2D eigenvalue weighted by atomic mass is 32.2. The number of benzene rings is 1. The molecule has 8 nitrogen and oxygen atoms in total. The molecular weight excluding hydrogens is 370 g/mol. The van der Waals surface area contributed by atoms with Gasteiger partial charge in [-0.15, -0.1) is 0 Å². The highest BCUT2D eigenvalue weighted by Crippen LogP contribution is 2.18. The molecule has 0 radical (unpaired) electrons. The van der Waals surface area contributed by atoms with E-state index >= 15 is 0 Å². The van der Waals surface area contributed by atoms with Gasteiger partial charge in [0, 0.05) is 14.1 Å². The quantitative estimate of drug-likeness (QED) is 0.776. The number of hydrogen-bond acceptors (Lipinski definition) is 5. The van der Waals surface area contributed by atoms with Crippen molar-refractivity contribution >= 4 is 21.9 Å². The molecule has 0 spiro atoms. The van der Waals surface area contributed by atoms with Crippen LogP contribution in [0.3, 0.4) is 0 Å². The molecule has 1 amide bonds. The zero-order chi connectivity index (χ0) is 20.4. The molecule has 27 heavy (non-hydrogen) atoms. The molecule has 1 heterocycles. The van der Waals surface area contributed by atoms with E-state index in [2.05, 4.69) is 10.3 Å². The lowest BCUT2D eigenvalue weighted by atomic mass is 10.1. The maximum atomic E-state index is 12.4. The number of sulfonamides is 1. The van der Waals surface area contributed by atoms with Crippen LogP contribution < -0.4 is 5.32 Å². The molecule has 2 N–H and O–H groups in total. The molecule has 1 aromatic carbocycles. The number of nitrogens with one attached hydrogen (secondary N) is 1. The van der Waals surface area contributed by atoms with E-state index in [1.54, 1.807) is 19.1 Å². The fourth-order valence-electron chi connectivity index (χ4n) is 2.41. The third kappa shape index (κ3) is 4.50. The zero-order valence-corrected chi connectivity index (χ0v) is 16.2. The standard InChI is InChI=1S/C18H21N3O5S/c1-11(13-5-7-14(8-6-13)27(25,26)21(3)4)20-17(22)16-10-9-15(18(23)24)12(2)19-16/h5-11H,1-4H3,(H,20,22)(H,23,24). The van der Waals surface area contributed by atoms with Crippen LogP contribution >= 0.6 is 0 Å². The number of carbonyl (C=O) groups excluding carboxylic acids is 1. The number of carbonyl (C=O) groups is 2. The topological polar surface area (TPSA) is 117 Å². The van der Waals surface area contributed by atoms with Gasteiger partial charge in [-0.2, -0.15) is 0 Å². The second kappa shape index (κ2) is 7.85. The van der Waals surface area contributed by atoms with E-state index < -0.39 is 27.9 Å². The molecule has 0 aliphatic carbocycles. The van der Waals surface area contributed by atoms with E-state index in [1.165, 1.54) is 45.3 Å². The summed E-state index contributed by atoms with van der Waals surface area (Å²) in [4.78, 5) is 27.6. The number of pyridine rings is 1. The maximum Gasteiger partial charge on any atom is 0.337 e. The number of carboxylic acid groups (broad SMARTS) is 1. The Balaban J connectivity index is 2.15. The minimum absolute atomic E-state index is 0.0392. The molecule has 1 unspecified atom stereocenters. The van der Waals surface area contributed by atoms with Crippen molar-refractivity contribution in [2.75, 3.05) is 14.1 Å². The normalized spacial score (nSPS) is 12.6. The summed E-state index contributed by atoms with van der Waals surface area (Å²) in [6.07, 6.45) is 0. The molecule has 0 fully saturated rings. The molecule has 0 bridgehead atoms. The van der Waals surface area contributed by atoms with Crippen LogP contribution in [0.5, 0.6) is 0 Å². The maximum absolute atomic E-state index is 12.4. The average molecular weight is 391 g/mol. The summed E-state index contributed by atoms with van der Waals surface area (Å²) < 4.78 is 25.3. The molecule has 0 saturated heterocycles. The highest BCUT2D eigenvalue weighted by Gasteiger charge is 2.19. The van der Waals surface area contributed by atoms with Gasteiger partial charge >= 0.3 is 5.97 Å². The van der Waals surface area contributed by atoms with Gasteiger partial charge in [0.25, 0.3) is 5.91 Å². The van der Waals surface area contributed by atoms with Gasteiger partial charge in [0.2, 0.25) is 10.0 Å². The average Bonchev–Trinajstić information content (AvgIpc) is 2.61. The summed E-state index contributed by atoms with van der Waals surface area (Å²) in [5, 5.41) is 11.8. The number of carboxylic acids is 1. The number of aromatic carboxylic acids is 1. The summed E-state index contributed by atoms with van der Waals surface area (Å²) in [5.74, 6) is -1.55. The Labute approximate surface area is 157 Å². The minimum atomic E-state index is -3.51. The van der Waals surface area contributed by atoms with Gasteiger partial charge in [0.15, 0.2) is 0 Å². The number of aromatic nitrogens is 1. The second-order valence-electron chi connectivity index (χ2n) is 6.19. The number of aryl methyl sites for hydroxylation is 1. The summed E-state index contributed by atoms with van der Waals surface area (Å²) in [6, 6.07) is 8.53. The molecule has 1 aromatic heterocycles. The molecular formula is C18H21N3O5S. The summed E-state index contributed by atoms with van der Waals surface area (Å²) in [7, 11) is -0.603. The van der Waals surface area contributed by atoms with Crippen molar-refractivity contribution < 1.29 is 23.1 Å². The van der Waals surface area contributed by atoms with Gasteiger partial charge in [-0.1, -0.05) is 12.1 Å². The van der Waals surface area contributed by atoms with E-state index in [1.807, 2.05) is 0 Å². The zero-order valence-electron chi connectivity index (χ0n) is 15.4. The predicted octanol–water partition coefficient (Wildman–Crippen LogP) is 1.83. The molecule has 2 aromatic rings. The van der Waals surface area contributed by atoms with Gasteiger partial charge in [0.05, 0.1) is 22.2 Å². The van der Waals surface area contributed by atoms with Crippen molar-refractivity contribution in [1.82, 2.24) is 14.6 Å². The van der Waals surface area contributed by atoms with Gasteiger partial charge in [-0.3, -0.25) is 4.79 Å². The molecule has 144 valence electrons. The predicted molar refractivity (Wildman–Crippen MR) is 99.1 cm³/mol. The van der Waals surface area contributed by atoms with Crippen molar-refractivity contribution in [3.05, 3.63) is 58.9 Å². The van der Waals surface area contributed by atoms with E-state index in [9.17, 15) is 18.0 Å². The monoisotopic (exact) mass is 391 g/mol. The van der Waals surface area contributed by atoms with Gasteiger partial charge in [0.1, 0.15) is 5.69 Å². The SMILES string of the molecule is Cc1nc(C(=O)NC(C)c2ccc(S(=O)(=O)N(C)C)cc2)ccc1C(=O)O. The lowest BCUT2D eigenvalue weighted by Crippen LogP contribution is -2.28. The van der Waals surface area contributed by atoms with Crippen molar-refractivity contribution in [3.63, 3.8) is 0 Å². The van der Waals surface area contributed by atoms with Crippen LogP contribution in [0.4, 0.5) is 0 Å². The van der Waals surface area contributed by atoms with Crippen LogP contribution in [0.2, 0.25) is 0 Å². The summed E-state index contributed by atoms with van der Waals surface area (Å²) in [6.45, 7) is 3.28. The van der Waals surface area contributed by atoms with Crippen LogP contribution in [0.1, 0.15) is 45.1 Å². The lowest BCUT2D eigenvalue weighted by Gasteiger charge is -2.16. The van der Waals surface area contributed by atoms with Crippen LogP contribution in [-0.2, 0) is 10.0 Å². The first-order valence-electron chi connectivity index (χ1n) is 8.08. The van der Waals surface area contributed by atoms with Gasteiger partial charge in [-0.05, 0) is 43.7 Å². The van der Waals surface area contributed by atoms with Crippen molar-refractivity contribution in [3.8, 4) is 0 Å². The Morgan fingerprint density at radius 3 is 2.19 bits per heavy atom. The largest absolute Gasteiger partial charge is 0.478 e. The Bertz CT molecular complexity index is 969. The first-order valence-corrected chi connectivity index (χ1v) is 9.52. The van der Waals surface area contributed by atoms with E-state index in [-0.39, 0.29) is 21.8 Å². The molecule has 0 aliphatic heterocycles. The second-order valence-corrected chi connectivity index (χ2v) is 8.34. The third-order valence-corrected chi connectivity index (χ3v) is 5.88. The van der Waals surface area contributed by atoms with Crippen molar-refractivity contribution in [1.29, 1.82) is 0 Å². The van der Waals surface area contributed by atoms with Crippen LogP contribution in [0.15, 0.2) is 41.3 Å². The van der Waals surface area contributed by atoms with E-state index in [4.69, 9.17) is 5.11 Å². The van der Waals surface area contributed by atoms with Crippen LogP contribution in [-0.4, -0.2) is 48.8 Å². The molecule has 2 rings (SSSR count). The van der Waals surface area contributed by atoms with E-state index in [0.717, 1.165) is 9.87 Å². The number of hydrogen-bond donors (Lipinski definition) is 2. The Kier molecular flexibility index (Phi) is 5.97. The van der Waals surface area contributed by atoms with Crippen molar-refractivity contribution in [2.24, 2.45) is 0 Å². The lowest BCUT2D eigenvalue weighted by molar-refractivity contribution is 0.0694. The fourth-order valence-corrected chi connectivity index (χ4v) is 3.31.